The molecule has 0 saturated heterocycles. The zero-order chi connectivity index (χ0) is 15.4. The van der Waals surface area contributed by atoms with Crippen LogP contribution in [-0.2, 0) is 11.8 Å². The topological polar surface area (TPSA) is 109 Å². The molecule has 0 aliphatic rings. The van der Waals surface area contributed by atoms with E-state index in [-0.39, 0.29) is 0 Å². The Morgan fingerprint density at radius 2 is 2.38 bits per heavy atom. The quantitative estimate of drug-likeness (QED) is 0.814. The maximum absolute atomic E-state index is 11.0. The van der Waals surface area contributed by atoms with Crippen LogP contribution in [0, 0.1) is 0 Å². The molecule has 2 heterocycles. The molecular weight excluding hydrogens is 270 g/mol. The number of carbonyl (C=O) groups is 1. The zero-order valence-corrected chi connectivity index (χ0v) is 11.7. The molecule has 110 valence electrons. The highest BCUT2D eigenvalue weighted by Gasteiger charge is 2.17. The van der Waals surface area contributed by atoms with Gasteiger partial charge in [0, 0.05) is 25.2 Å². The Bertz CT molecular complexity index is 646. The van der Waals surface area contributed by atoms with Crippen molar-refractivity contribution in [2.45, 2.75) is 12.5 Å². The zero-order valence-electron chi connectivity index (χ0n) is 11.7. The van der Waals surface area contributed by atoms with Crippen LogP contribution in [0.2, 0.25) is 0 Å². The van der Waals surface area contributed by atoms with Gasteiger partial charge in [0.15, 0.2) is 0 Å². The Morgan fingerprint density at radius 1 is 1.62 bits per heavy atom. The first kappa shape index (κ1) is 14.6. The predicted molar refractivity (Wildman–Crippen MR) is 79.1 cm³/mol. The van der Waals surface area contributed by atoms with E-state index in [4.69, 9.17) is 16.2 Å². The van der Waals surface area contributed by atoms with Gasteiger partial charge in [-0.1, -0.05) is 6.08 Å². The van der Waals surface area contributed by atoms with E-state index in [0.29, 0.717) is 17.8 Å². The van der Waals surface area contributed by atoms with Gasteiger partial charge in [-0.3, -0.25) is 9.67 Å². The molecule has 0 radical (unpaired) electrons. The summed E-state index contributed by atoms with van der Waals surface area (Å²) >= 11 is 0. The SMILES string of the molecule is C=CC[C@H](OC(N)=O)c1cc(-c2c(N)cnn2C)ccn1. The summed E-state index contributed by atoms with van der Waals surface area (Å²) in [6, 6.07) is 3.61. The van der Waals surface area contributed by atoms with Crippen molar-refractivity contribution < 1.29 is 9.53 Å². The van der Waals surface area contributed by atoms with Gasteiger partial charge in [-0.2, -0.15) is 5.10 Å². The molecular formula is C14H17N5O2. The van der Waals surface area contributed by atoms with E-state index in [1.165, 1.54) is 0 Å². The molecule has 1 amide bonds. The van der Waals surface area contributed by atoms with Gasteiger partial charge in [0.25, 0.3) is 0 Å². The fourth-order valence-corrected chi connectivity index (χ4v) is 2.10. The Hall–Kier alpha value is -2.83. The van der Waals surface area contributed by atoms with Crippen molar-refractivity contribution in [1.29, 1.82) is 0 Å². The molecule has 0 saturated carbocycles. The lowest BCUT2D eigenvalue weighted by atomic mass is 10.1. The van der Waals surface area contributed by atoms with Crippen molar-refractivity contribution in [3.63, 3.8) is 0 Å². The average molecular weight is 287 g/mol. The van der Waals surface area contributed by atoms with Crippen molar-refractivity contribution in [3.05, 3.63) is 42.9 Å². The standard InChI is InChI=1S/C14H17N5O2/c1-3-4-12(21-14(16)20)11-7-9(5-6-17-11)13-10(15)8-18-19(13)2/h3,5-8,12H,1,4,15H2,2H3,(H2,16,20)/t12-/m0/s1. The van der Waals surface area contributed by atoms with Crippen LogP contribution in [0.3, 0.4) is 0 Å². The molecule has 0 bridgehead atoms. The molecule has 1 atom stereocenters. The van der Waals surface area contributed by atoms with Crippen LogP contribution >= 0.6 is 0 Å². The van der Waals surface area contributed by atoms with Crippen LogP contribution in [-0.4, -0.2) is 20.9 Å². The van der Waals surface area contributed by atoms with Crippen LogP contribution in [0.1, 0.15) is 18.2 Å². The lowest BCUT2D eigenvalue weighted by Crippen LogP contribution is -2.18. The average Bonchev–Trinajstić information content (AvgIpc) is 2.77. The summed E-state index contributed by atoms with van der Waals surface area (Å²) in [5.74, 6) is 0. The summed E-state index contributed by atoms with van der Waals surface area (Å²) in [5.41, 5.74) is 13.7. The number of nitrogen functional groups attached to an aromatic ring is 1. The molecule has 2 aromatic rings. The third kappa shape index (κ3) is 3.19. The van der Waals surface area contributed by atoms with Crippen molar-refractivity contribution in [2.75, 3.05) is 5.73 Å². The smallest absolute Gasteiger partial charge is 0.405 e. The van der Waals surface area contributed by atoms with Gasteiger partial charge < -0.3 is 16.2 Å². The number of primary amides is 1. The Balaban J connectivity index is 2.40. The molecule has 7 nitrogen and oxygen atoms in total. The predicted octanol–water partition coefficient (Wildman–Crippen LogP) is 1.78. The largest absolute Gasteiger partial charge is 0.440 e. The van der Waals surface area contributed by atoms with Crippen LogP contribution < -0.4 is 11.5 Å². The number of nitrogens with zero attached hydrogens (tertiary/aromatic N) is 3. The normalized spacial score (nSPS) is 11.9. The van der Waals surface area contributed by atoms with Crippen molar-refractivity contribution in [1.82, 2.24) is 14.8 Å². The molecule has 0 spiro atoms. The maximum atomic E-state index is 11.0. The molecule has 0 unspecified atom stereocenters. The fraction of sp³-hybridized carbons (Fsp3) is 0.214. The second-order valence-corrected chi connectivity index (χ2v) is 4.49. The second kappa shape index (κ2) is 6.08. The molecule has 21 heavy (non-hydrogen) atoms. The highest BCUT2D eigenvalue weighted by Crippen LogP contribution is 2.28. The van der Waals surface area contributed by atoms with Gasteiger partial charge in [-0.05, 0) is 12.1 Å². The number of ether oxygens (including phenoxy) is 1. The Labute approximate surface area is 122 Å². The molecule has 0 fully saturated rings. The molecule has 7 heteroatoms. The summed E-state index contributed by atoms with van der Waals surface area (Å²) in [7, 11) is 1.80. The number of amides is 1. The second-order valence-electron chi connectivity index (χ2n) is 4.49. The maximum Gasteiger partial charge on any atom is 0.405 e. The first-order valence-corrected chi connectivity index (χ1v) is 6.33. The minimum Gasteiger partial charge on any atom is -0.440 e. The molecule has 2 aromatic heterocycles. The summed E-state index contributed by atoms with van der Waals surface area (Å²) in [6.07, 6.45) is 3.83. The number of aryl methyl sites for hydroxylation is 1. The monoisotopic (exact) mass is 287 g/mol. The van der Waals surface area contributed by atoms with Crippen LogP contribution in [0.4, 0.5) is 10.5 Å². The van der Waals surface area contributed by atoms with E-state index >= 15 is 0 Å². The van der Waals surface area contributed by atoms with Gasteiger partial charge in [-0.25, -0.2) is 4.79 Å². The summed E-state index contributed by atoms with van der Waals surface area (Å²) in [4.78, 5) is 15.2. The number of pyridine rings is 1. The Morgan fingerprint density at radius 3 is 2.95 bits per heavy atom. The summed E-state index contributed by atoms with van der Waals surface area (Å²) < 4.78 is 6.73. The molecule has 0 aromatic carbocycles. The lowest BCUT2D eigenvalue weighted by molar-refractivity contribution is 0.106. The van der Waals surface area contributed by atoms with E-state index in [0.717, 1.165) is 11.3 Å². The molecule has 2 rings (SSSR count). The van der Waals surface area contributed by atoms with Gasteiger partial charge in [-0.15, -0.1) is 6.58 Å². The van der Waals surface area contributed by atoms with Gasteiger partial charge in [0.1, 0.15) is 6.10 Å². The number of hydrogen-bond donors (Lipinski definition) is 2. The van der Waals surface area contributed by atoms with E-state index in [2.05, 4.69) is 16.7 Å². The van der Waals surface area contributed by atoms with Crippen LogP contribution in [0.15, 0.2) is 37.2 Å². The van der Waals surface area contributed by atoms with Gasteiger partial charge in [0.05, 0.1) is 23.3 Å². The number of aromatic nitrogens is 3. The van der Waals surface area contributed by atoms with Gasteiger partial charge in [0.2, 0.25) is 0 Å². The van der Waals surface area contributed by atoms with E-state index in [9.17, 15) is 4.79 Å². The molecule has 4 N–H and O–H groups in total. The molecule has 0 aliphatic carbocycles. The lowest BCUT2D eigenvalue weighted by Gasteiger charge is -2.15. The summed E-state index contributed by atoms with van der Waals surface area (Å²) in [5, 5.41) is 4.10. The number of rotatable bonds is 5. The van der Waals surface area contributed by atoms with Crippen molar-refractivity contribution in [2.24, 2.45) is 12.8 Å². The minimum absolute atomic E-state index is 0.417. The number of anilines is 1. The molecule has 0 aliphatic heterocycles. The van der Waals surface area contributed by atoms with Crippen molar-refractivity contribution >= 4 is 11.8 Å². The van der Waals surface area contributed by atoms with Crippen LogP contribution in [0.5, 0.6) is 0 Å². The number of carbonyl (C=O) groups excluding carboxylic acids is 1. The first-order valence-electron chi connectivity index (χ1n) is 6.33. The third-order valence-electron chi connectivity index (χ3n) is 2.99. The number of hydrogen-bond acceptors (Lipinski definition) is 5. The van der Waals surface area contributed by atoms with Crippen LogP contribution in [0.25, 0.3) is 11.3 Å². The van der Waals surface area contributed by atoms with E-state index in [1.807, 2.05) is 6.07 Å². The third-order valence-corrected chi connectivity index (χ3v) is 2.99. The highest BCUT2D eigenvalue weighted by atomic mass is 16.6. The van der Waals surface area contributed by atoms with E-state index < -0.39 is 12.2 Å². The number of nitrogens with two attached hydrogens (primary N) is 2. The van der Waals surface area contributed by atoms with Gasteiger partial charge >= 0.3 is 6.09 Å². The van der Waals surface area contributed by atoms with Crippen molar-refractivity contribution in [3.8, 4) is 11.3 Å². The Kier molecular flexibility index (Phi) is 4.22. The fourth-order valence-electron chi connectivity index (χ4n) is 2.10. The minimum atomic E-state index is -0.853. The van der Waals surface area contributed by atoms with E-state index in [1.54, 1.807) is 36.3 Å². The highest BCUT2D eigenvalue weighted by molar-refractivity contribution is 5.72. The summed E-state index contributed by atoms with van der Waals surface area (Å²) in [6.45, 7) is 3.64. The first-order chi connectivity index (χ1) is 10.0.